The van der Waals surface area contributed by atoms with Gasteiger partial charge in [0.2, 0.25) is 5.91 Å². The van der Waals surface area contributed by atoms with E-state index in [1.54, 1.807) is 18.0 Å². The number of nitrogens with zero attached hydrogens (tertiary/aromatic N) is 3. The number of nitrogens with one attached hydrogen (secondary N) is 1. The summed E-state index contributed by atoms with van der Waals surface area (Å²) in [5, 5.41) is 11.4. The van der Waals surface area contributed by atoms with E-state index in [1.165, 1.54) is 0 Å². The number of aryl methyl sites for hydroxylation is 1. The van der Waals surface area contributed by atoms with Gasteiger partial charge in [0, 0.05) is 5.92 Å². The summed E-state index contributed by atoms with van der Waals surface area (Å²) >= 11 is 0. The molecular weight excluding hydrogens is 380 g/mol. The Hall–Kier alpha value is -3.19. The fourth-order valence-electron chi connectivity index (χ4n) is 3.73. The number of amides is 1. The SMILES string of the molecule is COc1ccc(C[C@@H]2CCc3cnnn3COC[C@@H](c3ccccc3)NC2=O)cc1. The van der Waals surface area contributed by atoms with Crippen LogP contribution in [0.4, 0.5) is 0 Å². The molecule has 2 aromatic carbocycles. The molecule has 4 rings (SSSR count). The molecule has 3 aromatic rings. The first-order chi connectivity index (χ1) is 14.7. The van der Waals surface area contributed by atoms with Crippen LogP contribution in [0.25, 0.3) is 0 Å². The Morgan fingerprint density at radius 3 is 2.73 bits per heavy atom. The van der Waals surface area contributed by atoms with Gasteiger partial charge < -0.3 is 14.8 Å². The lowest BCUT2D eigenvalue weighted by atomic mass is 9.92. The minimum Gasteiger partial charge on any atom is -0.497 e. The number of benzene rings is 2. The highest BCUT2D eigenvalue weighted by Crippen LogP contribution is 2.22. The highest BCUT2D eigenvalue weighted by Gasteiger charge is 2.25. The van der Waals surface area contributed by atoms with E-state index in [9.17, 15) is 4.79 Å². The maximum Gasteiger partial charge on any atom is 0.224 e. The zero-order valence-electron chi connectivity index (χ0n) is 17.0. The van der Waals surface area contributed by atoms with Crippen LogP contribution in [0.15, 0.2) is 60.8 Å². The van der Waals surface area contributed by atoms with Gasteiger partial charge in [0.05, 0.1) is 31.6 Å². The second kappa shape index (κ2) is 9.54. The highest BCUT2D eigenvalue weighted by molar-refractivity contribution is 5.79. The maximum absolute atomic E-state index is 13.3. The summed E-state index contributed by atoms with van der Waals surface area (Å²) in [5.74, 6) is 0.664. The molecule has 1 aliphatic heterocycles. The Morgan fingerprint density at radius 2 is 1.97 bits per heavy atom. The van der Waals surface area contributed by atoms with Crippen LogP contribution in [0, 0.1) is 5.92 Å². The molecule has 0 saturated heterocycles. The molecule has 1 aliphatic rings. The first-order valence-corrected chi connectivity index (χ1v) is 10.2. The molecule has 2 heterocycles. The van der Waals surface area contributed by atoms with Crippen molar-refractivity contribution in [1.29, 1.82) is 0 Å². The number of hydrogen-bond donors (Lipinski definition) is 1. The molecule has 1 amide bonds. The van der Waals surface area contributed by atoms with Crippen molar-refractivity contribution < 1.29 is 14.3 Å². The second-order valence-corrected chi connectivity index (χ2v) is 7.48. The van der Waals surface area contributed by atoms with E-state index >= 15 is 0 Å². The lowest BCUT2D eigenvalue weighted by molar-refractivity contribution is -0.126. The smallest absolute Gasteiger partial charge is 0.224 e. The summed E-state index contributed by atoms with van der Waals surface area (Å²) in [7, 11) is 1.65. The van der Waals surface area contributed by atoms with Crippen LogP contribution in [0.1, 0.15) is 29.3 Å². The minimum atomic E-state index is -0.220. The third-order valence-corrected chi connectivity index (χ3v) is 5.48. The molecule has 0 radical (unpaired) electrons. The van der Waals surface area contributed by atoms with E-state index < -0.39 is 0 Å². The number of hydrogen-bond acceptors (Lipinski definition) is 5. The molecule has 1 N–H and O–H groups in total. The molecule has 0 saturated carbocycles. The number of aromatic nitrogens is 3. The zero-order chi connectivity index (χ0) is 20.8. The molecule has 7 nitrogen and oxygen atoms in total. The quantitative estimate of drug-likeness (QED) is 0.721. The topological polar surface area (TPSA) is 78.3 Å². The average molecular weight is 406 g/mol. The lowest BCUT2D eigenvalue weighted by Gasteiger charge is -2.22. The normalized spacial score (nSPS) is 20.0. The Bertz CT molecular complexity index is 956. The van der Waals surface area contributed by atoms with E-state index in [0.29, 0.717) is 32.6 Å². The lowest BCUT2D eigenvalue weighted by Crippen LogP contribution is -2.37. The summed E-state index contributed by atoms with van der Waals surface area (Å²) in [6.45, 7) is 0.683. The molecule has 0 bridgehead atoms. The van der Waals surface area contributed by atoms with Gasteiger partial charge in [0.15, 0.2) is 0 Å². The monoisotopic (exact) mass is 406 g/mol. The van der Waals surface area contributed by atoms with Crippen molar-refractivity contribution in [2.75, 3.05) is 13.7 Å². The van der Waals surface area contributed by atoms with Crippen LogP contribution in [0.5, 0.6) is 5.75 Å². The van der Waals surface area contributed by atoms with Crippen molar-refractivity contribution >= 4 is 5.91 Å². The largest absolute Gasteiger partial charge is 0.497 e. The van der Waals surface area contributed by atoms with Gasteiger partial charge in [-0.15, -0.1) is 5.10 Å². The van der Waals surface area contributed by atoms with Crippen molar-refractivity contribution in [3.05, 3.63) is 77.6 Å². The van der Waals surface area contributed by atoms with Crippen LogP contribution < -0.4 is 10.1 Å². The predicted octanol–water partition coefficient (Wildman–Crippen LogP) is 2.92. The number of ether oxygens (including phenoxy) is 2. The number of fused-ring (bicyclic) bond motifs is 1. The Morgan fingerprint density at radius 1 is 1.17 bits per heavy atom. The first kappa shape index (κ1) is 20.1. The van der Waals surface area contributed by atoms with Crippen molar-refractivity contribution in [3.63, 3.8) is 0 Å². The molecule has 156 valence electrons. The molecule has 7 heteroatoms. The number of carbonyl (C=O) groups is 1. The van der Waals surface area contributed by atoms with E-state index in [2.05, 4.69) is 15.6 Å². The molecule has 0 unspecified atom stereocenters. The van der Waals surface area contributed by atoms with Crippen molar-refractivity contribution in [2.45, 2.75) is 32.0 Å². The van der Waals surface area contributed by atoms with Gasteiger partial charge >= 0.3 is 0 Å². The van der Waals surface area contributed by atoms with E-state index in [-0.39, 0.29) is 17.9 Å². The summed E-state index contributed by atoms with van der Waals surface area (Å²) in [5.41, 5.74) is 3.10. The third-order valence-electron chi connectivity index (χ3n) is 5.48. The van der Waals surface area contributed by atoms with Crippen LogP contribution in [-0.4, -0.2) is 34.6 Å². The fourth-order valence-corrected chi connectivity index (χ4v) is 3.73. The van der Waals surface area contributed by atoms with E-state index in [0.717, 1.165) is 22.6 Å². The standard InChI is InChI=1S/C23H26N4O3/c1-29-21-11-7-17(8-12-21)13-19-9-10-20-14-24-26-27(20)16-30-15-22(25-23(19)28)18-5-3-2-4-6-18/h2-8,11-12,14,19,22H,9-10,13,15-16H2,1H3,(H,25,28)/t19-,22-/m0/s1. The molecule has 2 atom stereocenters. The summed E-state index contributed by atoms with van der Waals surface area (Å²) in [4.78, 5) is 13.3. The van der Waals surface area contributed by atoms with Crippen LogP contribution >= 0.6 is 0 Å². The fraction of sp³-hybridized carbons (Fsp3) is 0.348. The van der Waals surface area contributed by atoms with Gasteiger partial charge in [-0.25, -0.2) is 4.68 Å². The van der Waals surface area contributed by atoms with Gasteiger partial charge in [-0.05, 0) is 42.5 Å². The first-order valence-electron chi connectivity index (χ1n) is 10.2. The Kier molecular flexibility index (Phi) is 6.39. The average Bonchev–Trinajstić information content (AvgIpc) is 3.23. The second-order valence-electron chi connectivity index (χ2n) is 7.48. The molecule has 0 aliphatic carbocycles. The summed E-state index contributed by atoms with van der Waals surface area (Å²) in [6.07, 6.45) is 3.81. The molecule has 0 spiro atoms. The van der Waals surface area contributed by atoms with Crippen molar-refractivity contribution in [3.8, 4) is 5.75 Å². The number of methoxy groups -OCH3 is 1. The highest BCUT2D eigenvalue weighted by atomic mass is 16.5. The molecule has 30 heavy (non-hydrogen) atoms. The predicted molar refractivity (Wildman–Crippen MR) is 112 cm³/mol. The Balaban J connectivity index is 1.58. The zero-order valence-corrected chi connectivity index (χ0v) is 17.0. The molecular formula is C23H26N4O3. The Labute approximate surface area is 176 Å². The third kappa shape index (κ3) is 4.86. The van der Waals surface area contributed by atoms with E-state index in [4.69, 9.17) is 9.47 Å². The van der Waals surface area contributed by atoms with Crippen LogP contribution in [-0.2, 0) is 29.1 Å². The van der Waals surface area contributed by atoms with Crippen LogP contribution in [0.3, 0.4) is 0 Å². The number of rotatable bonds is 4. The van der Waals surface area contributed by atoms with Gasteiger partial charge in [-0.2, -0.15) is 0 Å². The van der Waals surface area contributed by atoms with Gasteiger partial charge in [-0.1, -0.05) is 47.7 Å². The maximum atomic E-state index is 13.3. The number of carbonyl (C=O) groups excluding carboxylic acids is 1. The van der Waals surface area contributed by atoms with Gasteiger partial charge in [0.25, 0.3) is 0 Å². The van der Waals surface area contributed by atoms with Gasteiger partial charge in [0.1, 0.15) is 12.5 Å². The molecule has 0 fully saturated rings. The van der Waals surface area contributed by atoms with Crippen molar-refractivity contribution in [2.24, 2.45) is 5.92 Å². The van der Waals surface area contributed by atoms with Crippen molar-refractivity contribution in [1.82, 2.24) is 20.3 Å². The minimum absolute atomic E-state index is 0.0317. The molecule has 1 aromatic heterocycles. The van der Waals surface area contributed by atoms with Gasteiger partial charge in [-0.3, -0.25) is 4.79 Å². The van der Waals surface area contributed by atoms with E-state index in [1.807, 2.05) is 54.6 Å². The summed E-state index contributed by atoms with van der Waals surface area (Å²) in [6, 6.07) is 17.6. The summed E-state index contributed by atoms with van der Waals surface area (Å²) < 4.78 is 12.9. The van der Waals surface area contributed by atoms with Crippen LogP contribution in [0.2, 0.25) is 0 Å².